The van der Waals surface area contributed by atoms with E-state index in [2.05, 4.69) is 4.98 Å². The van der Waals surface area contributed by atoms with Crippen LogP contribution in [-0.4, -0.2) is 42.0 Å². The van der Waals surface area contributed by atoms with Crippen molar-refractivity contribution >= 4 is 38.8 Å². The highest BCUT2D eigenvalue weighted by Gasteiger charge is 2.23. The molecule has 0 saturated heterocycles. The van der Waals surface area contributed by atoms with E-state index in [1.54, 1.807) is 26.8 Å². The predicted molar refractivity (Wildman–Crippen MR) is 88.6 cm³/mol. The van der Waals surface area contributed by atoms with E-state index in [1.165, 1.54) is 16.4 Å². The molecule has 0 fully saturated rings. The van der Waals surface area contributed by atoms with E-state index in [0.717, 1.165) is 11.8 Å². The molecule has 0 saturated carbocycles. The molecular weight excluding hydrogens is 338 g/mol. The van der Waals surface area contributed by atoms with Gasteiger partial charge in [-0.25, -0.2) is 13.4 Å². The summed E-state index contributed by atoms with van der Waals surface area (Å²) in [5.41, 5.74) is 6.10. The molecule has 1 aromatic carbocycles. The van der Waals surface area contributed by atoms with Crippen LogP contribution in [0, 0.1) is 0 Å². The van der Waals surface area contributed by atoms with Gasteiger partial charge >= 0.3 is 0 Å². The summed E-state index contributed by atoms with van der Waals surface area (Å²) in [6, 6.07) is 4.54. The molecule has 9 heteroatoms. The molecule has 126 valence electrons. The molecule has 2 N–H and O–H groups in total. The van der Waals surface area contributed by atoms with Gasteiger partial charge in [0.25, 0.3) is 5.22 Å². The number of oxazole rings is 1. The predicted octanol–water partition coefficient (Wildman–Crippen LogP) is 1.82. The largest absolute Gasteiger partial charge is 0.431 e. The summed E-state index contributed by atoms with van der Waals surface area (Å²) in [6.45, 7) is 6.02. The van der Waals surface area contributed by atoms with E-state index in [0.29, 0.717) is 24.2 Å². The number of benzene rings is 1. The number of sulfonamides is 1. The molecule has 1 atom stereocenters. The maximum absolute atomic E-state index is 12.5. The topological polar surface area (TPSA) is 107 Å². The van der Waals surface area contributed by atoms with E-state index in [-0.39, 0.29) is 10.1 Å². The van der Waals surface area contributed by atoms with E-state index in [9.17, 15) is 13.2 Å². The van der Waals surface area contributed by atoms with Crippen LogP contribution >= 0.6 is 11.8 Å². The second-order valence-corrected chi connectivity index (χ2v) is 8.09. The van der Waals surface area contributed by atoms with Gasteiger partial charge in [-0.1, -0.05) is 25.6 Å². The number of primary amides is 1. The molecule has 0 spiro atoms. The number of nitrogens with zero attached hydrogens (tertiary/aromatic N) is 2. The first-order valence-electron chi connectivity index (χ1n) is 7.16. The number of aromatic nitrogens is 1. The fourth-order valence-electron chi connectivity index (χ4n) is 2.02. The molecule has 2 aromatic rings. The normalized spacial score (nSPS) is 13.6. The molecule has 1 amide bonds. The Hall–Kier alpha value is -1.58. The number of hydrogen-bond acceptors (Lipinski definition) is 6. The summed E-state index contributed by atoms with van der Waals surface area (Å²) in [5, 5.41) is -0.203. The van der Waals surface area contributed by atoms with Crippen molar-refractivity contribution in [1.82, 2.24) is 9.29 Å². The average molecular weight is 357 g/mol. The maximum atomic E-state index is 12.5. The van der Waals surface area contributed by atoms with Crippen LogP contribution < -0.4 is 5.73 Å². The highest BCUT2D eigenvalue weighted by Crippen LogP contribution is 2.28. The Morgan fingerprint density at radius 1 is 1.39 bits per heavy atom. The van der Waals surface area contributed by atoms with Gasteiger partial charge < -0.3 is 10.2 Å². The van der Waals surface area contributed by atoms with Crippen LogP contribution in [0.2, 0.25) is 0 Å². The van der Waals surface area contributed by atoms with Crippen LogP contribution in [-0.2, 0) is 14.8 Å². The smallest absolute Gasteiger partial charge is 0.257 e. The number of fused-ring (bicyclic) bond motifs is 1. The molecule has 0 aliphatic carbocycles. The minimum Gasteiger partial charge on any atom is -0.431 e. The monoisotopic (exact) mass is 357 g/mol. The van der Waals surface area contributed by atoms with Gasteiger partial charge in [0.15, 0.2) is 5.58 Å². The number of nitrogens with two attached hydrogens (primary N) is 1. The zero-order valence-corrected chi connectivity index (χ0v) is 14.8. The highest BCUT2D eigenvalue weighted by molar-refractivity contribution is 8.00. The van der Waals surface area contributed by atoms with Crippen molar-refractivity contribution in [2.45, 2.75) is 36.1 Å². The van der Waals surface area contributed by atoms with Gasteiger partial charge in [0, 0.05) is 13.1 Å². The van der Waals surface area contributed by atoms with E-state index in [1.807, 2.05) is 0 Å². The molecule has 0 aliphatic rings. The third-order valence-corrected chi connectivity index (χ3v) is 6.37. The Labute approximate surface area is 139 Å². The van der Waals surface area contributed by atoms with Crippen molar-refractivity contribution in [3.63, 3.8) is 0 Å². The van der Waals surface area contributed by atoms with Crippen molar-refractivity contribution in [2.24, 2.45) is 5.73 Å². The highest BCUT2D eigenvalue weighted by atomic mass is 32.2. The van der Waals surface area contributed by atoms with Crippen LogP contribution in [0.1, 0.15) is 20.8 Å². The molecule has 0 bridgehead atoms. The SMILES string of the molecule is CCN(CC)S(=O)(=O)c1ccc2oc(SC(C)C(N)=O)nc2c1. The van der Waals surface area contributed by atoms with Gasteiger partial charge in [0.1, 0.15) is 5.52 Å². The third kappa shape index (κ3) is 3.67. The van der Waals surface area contributed by atoms with Crippen LogP contribution in [0.3, 0.4) is 0 Å². The van der Waals surface area contributed by atoms with E-state index in [4.69, 9.17) is 10.2 Å². The van der Waals surface area contributed by atoms with Crippen molar-refractivity contribution in [3.05, 3.63) is 18.2 Å². The Bertz CT molecular complexity index is 813. The van der Waals surface area contributed by atoms with Crippen LogP contribution in [0.15, 0.2) is 32.7 Å². The van der Waals surface area contributed by atoms with E-state index >= 15 is 0 Å². The van der Waals surface area contributed by atoms with Gasteiger partial charge in [0.2, 0.25) is 15.9 Å². The lowest BCUT2D eigenvalue weighted by molar-refractivity contribution is -0.117. The van der Waals surface area contributed by atoms with Crippen LogP contribution in [0.25, 0.3) is 11.1 Å². The minimum absolute atomic E-state index is 0.168. The average Bonchev–Trinajstić information content (AvgIpc) is 2.89. The number of amides is 1. The second-order valence-electron chi connectivity index (χ2n) is 4.86. The molecular formula is C14H19N3O4S2. The zero-order valence-electron chi connectivity index (χ0n) is 13.1. The Morgan fingerprint density at radius 3 is 2.61 bits per heavy atom. The molecule has 1 unspecified atom stereocenters. The van der Waals surface area contributed by atoms with E-state index < -0.39 is 21.2 Å². The second kappa shape index (κ2) is 6.90. The first kappa shape index (κ1) is 17.8. The summed E-state index contributed by atoms with van der Waals surface area (Å²) in [6.07, 6.45) is 0. The summed E-state index contributed by atoms with van der Waals surface area (Å²) in [5.74, 6) is -0.470. The zero-order chi connectivity index (χ0) is 17.2. The third-order valence-electron chi connectivity index (χ3n) is 3.36. The van der Waals surface area contributed by atoms with Gasteiger partial charge in [-0.2, -0.15) is 4.31 Å². The van der Waals surface area contributed by atoms with Gasteiger partial charge in [-0.15, -0.1) is 0 Å². The molecule has 2 rings (SSSR count). The Morgan fingerprint density at radius 2 is 2.04 bits per heavy atom. The lowest BCUT2D eigenvalue weighted by Crippen LogP contribution is -2.30. The lowest BCUT2D eigenvalue weighted by atomic mass is 10.3. The minimum atomic E-state index is -3.55. The molecule has 0 radical (unpaired) electrons. The summed E-state index contributed by atoms with van der Waals surface area (Å²) >= 11 is 1.09. The maximum Gasteiger partial charge on any atom is 0.257 e. The molecule has 0 aliphatic heterocycles. The first-order valence-corrected chi connectivity index (χ1v) is 9.48. The van der Waals surface area contributed by atoms with Crippen molar-refractivity contribution < 1.29 is 17.6 Å². The van der Waals surface area contributed by atoms with Crippen LogP contribution in [0.5, 0.6) is 0 Å². The first-order chi connectivity index (χ1) is 10.8. The summed E-state index contributed by atoms with van der Waals surface area (Å²) in [7, 11) is -3.55. The molecule has 1 heterocycles. The molecule has 23 heavy (non-hydrogen) atoms. The van der Waals surface area contributed by atoms with Gasteiger partial charge in [-0.3, -0.25) is 4.79 Å². The molecule has 1 aromatic heterocycles. The summed E-state index contributed by atoms with van der Waals surface area (Å²) < 4.78 is 31.9. The fourth-order valence-corrected chi connectivity index (χ4v) is 4.20. The molecule has 7 nitrogen and oxygen atoms in total. The van der Waals surface area contributed by atoms with Gasteiger partial charge in [0.05, 0.1) is 10.1 Å². The lowest BCUT2D eigenvalue weighted by Gasteiger charge is -2.18. The van der Waals surface area contributed by atoms with Crippen LogP contribution in [0.4, 0.5) is 0 Å². The quantitative estimate of drug-likeness (QED) is 0.758. The summed E-state index contributed by atoms with van der Waals surface area (Å²) in [4.78, 5) is 15.5. The Balaban J connectivity index is 2.38. The number of hydrogen-bond donors (Lipinski definition) is 1. The van der Waals surface area contributed by atoms with Crippen molar-refractivity contribution in [2.75, 3.05) is 13.1 Å². The number of thioether (sulfide) groups is 1. The van der Waals surface area contributed by atoms with Gasteiger partial charge in [-0.05, 0) is 25.1 Å². The number of carbonyl (C=O) groups is 1. The Kier molecular flexibility index (Phi) is 5.33. The standard InChI is InChI=1S/C14H19N3O4S2/c1-4-17(5-2)23(19,20)10-6-7-12-11(8-10)16-14(21-12)22-9(3)13(15)18/h6-9H,4-5H2,1-3H3,(H2,15,18). The number of rotatable bonds is 7. The van der Waals surface area contributed by atoms with Crippen molar-refractivity contribution in [3.8, 4) is 0 Å². The van der Waals surface area contributed by atoms with Crippen molar-refractivity contribution in [1.29, 1.82) is 0 Å². The number of carbonyl (C=O) groups excluding carboxylic acids is 1. The fraction of sp³-hybridized carbons (Fsp3) is 0.429.